The van der Waals surface area contributed by atoms with Gasteiger partial charge in [0.25, 0.3) is 0 Å². The van der Waals surface area contributed by atoms with Crippen molar-refractivity contribution < 1.29 is 4.79 Å². The minimum atomic E-state index is -0.189. The summed E-state index contributed by atoms with van der Waals surface area (Å²) in [7, 11) is 1.70. The number of hydrogen-bond acceptors (Lipinski definition) is 4. The van der Waals surface area contributed by atoms with Crippen molar-refractivity contribution in [2.45, 2.75) is 25.7 Å². The average Bonchev–Trinajstić information content (AvgIpc) is 2.83. The summed E-state index contributed by atoms with van der Waals surface area (Å²) in [6.07, 6.45) is 4.44. The van der Waals surface area contributed by atoms with Crippen LogP contribution in [0.4, 0.5) is 0 Å². The van der Waals surface area contributed by atoms with Gasteiger partial charge in [-0.3, -0.25) is 15.5 Å². The molecule has 2 aliphatic heterocycles. The minimum absolute atomic E-state index is 0.0367. The first kappa shape index (κ1) is 13.6. The number of nitrogens with zero attached hydrogens (tertiary/aromatic N) is 2. The zero-order chi connectivity index (χ0) is 14.1. The van der Waals surface area contributed by atoms with Crippen LogP contribution in [0.2, 0.25) is 0 Å². The third-order valence-electron chi connectivity index (χ3n) is 3.48. The standard InChI is InChI=1S/C12H15N5OS2/c1-13-12(19)17-16-11-14-9(18)8-6-4-2-3-5-7(6)20-10(8)15-11/h8H,2-5H2,1H3,(H2,13,17,19)(H,14,16,18). The summed E-state index contributed by atoms with van der Waals surface area (Å²) in [4.78, 5) is 18.0. The molecule has 3 N–H and O–H groups in total. The van der Waals surface area contributed by atoms with E-state index < -0.39 is 0 Å². The lowest BCUT2D eigenvalue weighted by Crippen LogP contribution is -2.43. The molecule has 1 aliphatic carbocycles. The average molecular weight is 309 g/mol. The molecule has 106 valence electrons. The molecule has 8 heteroatoms. The molecule has 3 aliphatic rings. The van der Waals surface area contributed by atoms with Gasteiger partial charge in [-0.05, 0) is 48.4 Å². The number of amides is 1. The fraction of sp³-hybridized carbons (Fsp3) is 0.500. The van der Waals surface area contributed by atoms with Gasteiger partial charge in [-0.25, -0.2) is 4.99 Å². The molecule has 2 heterocycles. The van der Waals surface area contributed by atoms with Gasteiger partial charge in [0.1, 0.15) is 5.92 Å². The van der Waals surface area contributed by atoms with E-state index in [1.165, 1.54) is 16.9 Å². The SMILES string of the molecule is CNC(=S)N/N=C1/N=C2SC3=C(CCCC3)C2C(=O)N1. The van der Waals surface area contributed by atoms with E-state index in [4.69, 9.17) is 12.2 Å². The molecule has 0 aromatic heterocycles. The Hall–Kier alpha value is -1.41. The smallest absolute Gasteiger partial charge is 0.247 e. The number of hydrogen-bond donors (Lipinski definition) is 3. The predicted molar refractivity (Wildman–Crippen MR) is 84.4 cm³/mol. The van der Waals surface area contributed by atoms with Gasteiger partial charge in [-0.2, -0.15) is 0 Å². The summed E-state index contributed by atoms with van der Waals surface area (Å²) in [6.45, 7) is 0. The summed E-state index contributed by atoms with van der Waals surface area (Å²) in [5, 5.41) is 10.7. The number of carbonyl (C=O) groups excluding carboxylic acids is 1. The number of fused-ring (bicyclic) bond motifs is 2. The van der Waals surface area contributed by atoms with Crippen molar-refractivity contribution in [1.82, 2.24) is 16.1 Å². The summed E-state index contributed by atoms with van der Waals surface area (Å²) >= 11 is 6.56. The largest absolute Gasteiger partial charge is 0.364 e. The predicted octanol–water partition coefficient (Wildman–Crippen LogP) is 1.07. The Labute approximate surface area is 126 Å². The van der Waals surface area contributed by atoms with Crippen molar-refractivity contribution in [2.75, 3.05) is 7.05 Å². The van der Waals surface area contributed by atoms with E-state index in [2.05, 4.69) is 26.2 Å². The van der Waals surface area contributed by atoms with Crippen LogP contribution in [-0.2, 0) is 4.79 Å². The molecule has 0 spiro atoms. The summed E-state index contributed by atoms with van der Waals surface area (Å²) in [5.74, 6) is 0.0435. The molecular formula is C12H15N5OS2. The monoisotopic (exact) mass is 309 g/mol. The summed E-state index contributed by atoms with van der Waals surface area (Å²) < 4.78 is 0. The van der Waals surface area contributed by atoms with Crippen LogP contribution in [-0.4, -0.2) is 29.1 Å². The van der Waals surface area contributed by atoms with Gasteiger partial charge < -0.3 is 5.32 Å². The van der Waals surface area contributed by atoms with Gasteiger partial charge in [0, 0.05) is 7.05 Å². The van der Waals surface area contributed by atoms with Crippen molar-refractivity contribution in [1.29, 1.82) is 0 Å². The minimum Gasteiger partial charge on any atom is -0.364 e. The zero-order valence-electron chi connectivity index (χ0n) is 11.0. The van der Waals surface area contributed by atoms with Gasteiger partial charge in [0.2, 0.25) is 11.9 Å². The molecule has 0 fully saturated rings. The van der Waals surface area contributed by atoms with Crippen LogP contribution in [0.25, 0.3) is 0 Å². The van der Waals surface area contributed by atoms with E-state index in [0.29, 0.717) is 5.11 Å². The van der Waals surface area contributed by atoms with Crippen molar-refractivity contribution in [2.24, 2.45) is 16.0 Å². The van der Waals surface area contributed by atoms with Crippen LogP contribution >= 0.6 is 24.0 Å². The maximum absolute atomic E-state index is 12.3. The van der Waals surface area contributed by atoms with E-state index in [1.54, 1.807) is 18.8 Å². The fourth-order valence-electron chi connectivity index (χ4n) is 2.54. The molecule has 0 bridgehead atoms. The number of carbonyl (C=O) groups is 1. The third kappa shape index (κ3) is 2.45. The highest BCUT2D eigenvalue weighted by molar-refractivity contribution is 8.17. The summed E-state index contributed by atoms with van der Waals surface area (Å²) in [5.41, 5.74) is 3.89. The van der Waals surface area contributed by atoms with Crippen molar-refractivity contribution >= 4 is 46.0 Å². The molecule has 0 saturated carbocycles. The number of guanidine groups is 1. The van der Waals surface area contributed by atoms with Crippen LogP contribution in [0.5, 0.6) is 0 Å². The number of rotatable bonds is 1. The Morgan fingerprint density at radius 3 is 3.10 bits per heavy atom. The number of thioether (sulfide) groups is 1. The first-order valence-electron chi connectivity index (χ1n) is 6.53. The molecule has 1 unspecified atom stereocenters. The lowest BCUT2D eigenvalue weighted by molar-refractivity contribution is -0.120. The molecule has 0 aromatic carbocycles. The van der Waals surface area contributed by atoms with Gasteiger partial charge in [-0.15, -0.1) is 5.10 Å². The van der Waals surface area contributed by atoms with Gasteiger partial charge in [0.15, 0.2) is 5.11 Å². The van der Waals surface area contributed by atoms with Gasteiger partial charge in [-0.1, -0.05) is 11.8 Å². The Morgan fingerprint density at radius 2 is 2.30 bits per heavy atom. The normalized spacial score (nSPS) is 26.6. The second kappa shape index (κ2) is 5.53. The van der Waals surface area contributed by atoms with E-state index in [9.17, 15) is 4.79 Å². The molecular weight excluding hydrogens is 294 g/mol. The van der Waals surface area contributed by atoms with Crippen LogP contribution in [0.3, 0.4) is 0 Å². The molecule has 6 nitrogen and oxygen atoms in total. The maximum Gasteiger partial charge on any atom is 0.247 e. The molecule has 0 saturated heterocycles. The lowest BCUT2D eigenvalue weighted by atomic mass is 9.89. The van der Waals surface area contributed by atoms with E-state index in [1.807, 2.05) is 0 Å². The van der Waals surface area contributed by atoms with E-state index in [-0.39, 0.29) is 17.8 Å². The van der Waals surface area contributed by atoms with Gasteiger partial charge in [0.05, 0.1) is 5.04 Å². The molecule has 0 radical (unpaired) electrons. The second-order valence-electron chi connectivity index (χ2n) is 4.76. The highest BCUT2D eigenvalue weighted by atomic mass is 32.2. The van der Waals surface area contributed by atoms with Crippen LogP contribution in [0, 0.1) is 5.92 Å². The quantitative estimate of drug-likeness (QED) is 0.499. The van der Waals surface area contributed by atoms with E-state index >= 15 is 0 Å². The number of aliphatic imine (C=N–C) groups is 1. The molecule has 0 aromatic rings. The fourth-order valence-corrected chi connectivity index (χ4v) is 3.94. The maximum atomic E-state index is 12.3. The Balaban J connectivity index is 1.82. The van der Waals surface area contributed by atoms with Gasteiger partial charge >= 0.3 is 0 Å². The topological polar surface area (TPSA) is 77.9 Å². The summed E-state index contributed by atoms with van der Waals surface area (Å²) in [6, 6.07) is 0. The molecule has 1 atom stereocenters. The van der Waals surface area contributed by atoms with Crippen LogP contribution in [0.1, 0.15) is 25.7 Å². The highest BCUT2D eigenvalue weighted by Gasteiger charge is 2.41. The number of hydrazone groups is 1. The Kier molecular flexibility index (Phi) is 3.75. The van der Waals surface area contributed by atoms with Crippen molar-refractivity contribution in [3.63, 3.8) is 0 Å². The Morgan fingerprint density at radius 1 is 1.50 bits per heavy atom. The zero-order valence-corrected chi connectivity index (χ0v) is 12.7. The number of thiocarbonyl (C=S) groups is 1. The lowest BCUT2D eigenvalue weighted by Gasteiger charge is -2.20. The Bertz CT molecular complexity index is 566. The molecule has 3 rings (SSSR count). The van der Waals surface area contributed by atoms with Crippen molar-refractivity contribution in [3.05, 3.63) is 10.5 Å². The first-order chi connectivity index (χ1) is 9.69. The van der Waals surface area contributed by atoms with E-state index in [0.717, 1.165) is 24.3 Å². The third-order valence-corrected chi connectivity index (χ3v) is 5.03. The molecule has 20 heavy (non-hydrogen) atoms. The van der Waals surface area contributed by atoms with Crippen LogP contribution in [0.15, 0.2) is 20.6 Å². The highest BCUT2D eigenvalue weighted by Crippen LogP contribution is 2.46. The van der Waals surface area contributed by atoms with Crippen molar-refractivity contribution in [3.8, 4) is 0 Å². The number of nitrogens with one attached hydrogen (secondary N) is 3. The number of allylic oxidation sites excluding steroid dienone is 1. The molecule has 1 amide bonds. The van der Waals surface area contributed by atoms with Crippen LogP contribution < -0.4 is 16.1 Å². The second-order valence-corrected chi connectivity index (χ2v) is 6.28. The first-order valence-corrected chi connectivity index (χ1v) is 7.76.